The van der Waals surface area contributed by atoms with Gasteiger partial charge in [0.1, 0.15) is 5.82 Å². The number of aromatic nitrogens is 1. The molecule has 1 saturated heterocycles. The standard InChI is InChI=1S/C22H23FN2OS.2ClH/c23-19-6-2-1-5-18(19)21(22(26)16-7-8-16)25-11-9-20(27)17(14-25)12-15-4-3-10-24-13-15;;/h1-6,10,12-13,16,20-21,27H,7-9,11,14H2;2*1H/b17-12-;;. The average Bonchev–Trinajstić information content (AvgIpc) is 3.52. The van der Waals surface area contributed by atoms with Crippen molar-refractivity contribution in [3.63, 3.8) is 0 Å². The summed E-state index contributed by atoms with van der Waals surface area (Å²) >= 11 is 4.73. The summed E-state index contributed by atoms with van der Waals surface area (Å²) in [5, 5.41) is 0.138. The predicted octanol–water partition coefficient (Wildman–Crippen LogP) is 5.17. The number of hydrogen-bond acceptors (Lipinski definition) is 4. The molecular formula is C22H25Cl2FN2OS. The van der Waals surface area contributed by atoms with Crippen LogP contribution < -0.4 is 0 Å². The molecular weight excluding hydrogens is 430 g/mol. The van der Waals surface area contributed by atoms with Gasteiger partial charge in [-0.15, -0.1) is 24.8 Å². The molecule has 0 radical (unpaired) electrons. The van der Waals surface area contributed by atoms with Crippen molar-refractivity contribution in [1.82, 2.24) is 9.88 Å². The minimum Gasteiger partial charge on any atom is -0.297 e. The third-order valence-corrected chi connectivity index (χ3v) is 5.94. The van der Waals surface area contributed by atoms with Gasteiger partial charge in [-0.05, 0) is 42.5 Å². The van der Waals surface area contributed by atoms with Crippen LogP contribution >= 0.6 is 37.4 Å². The quantitative estimate of drug-likeness (QED) is 0.632. The van der Waals surface area contributed by atoms with E-state index in [-0.39, 0.29) is 47.6 Å². The Morgan fingerprint density at radius 2 is 1.93 bits per heavy atom. The van der Waals surface area contributed by atoms with Gasteiger partial charge < -0.3 is 0 Å². The molecule has 3 nitrogen and oxygen atoms in total. The molecule has 1 saturated carbocycles. The summed E-state index contributed by atoms with van der Waals surface area (Å²) in [6.45, 7) is 1.34. The third-order valence-electron chi connectivity index (χ3n) is 5.35. The maximum Gasteiger partial charge on any atom is 0.157 e. The largest absolute Gasteiger partial charge is 0.297 e. The van der Waals surface area contributed by atoms with Gasteiger partial charge in [0, 0.05) is 42.2 Å². The van der Waals surface area contributed by atoms with Crippen molar-refractivity contribution < 1.29 is 9.18 Å². The number of likely N-dealkylation sites (tertiary alicyclic amines) is 1. The van der Waals surface area contributed by atoms with E-state index in [1.54, 1.807) is 18.3 Å². The number of hydrogen-bond donors (Lipinski definition) is 1. The number of carbonyl (C=O) groups excluding carboxylic acids is 1. The van der Waals surface area contributed by atoms with E-state index in [0.717, 1.165) is 36.9 Å². The van der Waals surface area contributed by atoms with Gasteiger partial charge in [0.2, 0.25) is 0 Å². The number of thiol groups is 1. The van der Waals surface area contributed by atoms with Gasteiger partial charge in [-0.1, -0.05) is 30.3 Å². The first-order valence-corrected chi connectivity index (χ1v) is 9.96. The molecule has 2 atom stereocenters. The van der Waals surface area contributed by atoms with E-state index in [1.165, 1.54) is 6.07 Å². The number of benzene rings is 1. The summed E-state index contributed by atoms with van der Waals surface area (Å²) in [5.41, 5.74) is 2.65. The van der Waals surface area contributed by atoms with Gasteiger partial charge in [-0.3, -0.25) is 14.7 Å². The van der Waals surface area contributed by atoms with Crippen LogP contribution in [0, 0.1) is 11.7 Å². The smallest absolute Gasteiger partial charge is 0.157 e. The van der Waals surface area contributed by atoms with Gasteiger partial charge in [0.15, 0.2) is 5.78 Å². The number of carbonyl (C=O) groups is 1. The van der Waals surface area contributed by atoms with Crippen molar-refractivity contribution in [2.24, 2.45) is 5.92 Å². The maximum atomic E-state index is 14.5. The zero-order valence-electron chi connectivity index (χ0n) is 15.9. The molecule has 2 heterocycles. The molecule has 2 unspecified atom stereocenters. The Kier molecular flexibility index (Phi) is 8.71. The van der Waals surface area contributed by atoms with Crippen LogP contribution in [0.15, 0.2) is 54.4 Å². The Hall–Kier alpha value is -1.40. The number of halogens is 3. The second-order valence-corrected chi connectivity index (χ2v) is 8.00. The van der Waals surface area contributed by atoms with Gasteiger partial charge in [-0.25, -0.2) is 4.39 Å². The molecule has 1 aromatic carbocycles. The number of piperidine rings is 1. The average molecular weight is 455 g/mol. The molecule has 0 amide bonds. The molecule has 29 heavy (non-hydrogen) atoms. The SMILES string of the molecule is Cl.Cl.O=C(C1CC1)C(c1ccccc1F)N1CCC(S)/C(=C\c2cccnc2)C1. The maximum absolute atomic E-state index is 14.5. The van der Waals surface area contributed by atoms with Crippen LogP contribution in [0.5, 0.6) is 0 Å². The topological polar surface area (TPSA) is 33.2 Å². The third kappa shape index (κ3) is 5.60. The molecule has 2 aromatic rings. The lowest BCUT2D eigenvalue weighted by Crippen LogP contribution is -2.42. The molecule has 0 spiro atoms. The van der Waals surface area contributed by atoms with Crippen LogP contribution in [-0.2, 0) is 4.79 Å². The highest BCUT2D eigenvalue weighted by Gasteiger charge is 2.40. The van der Waals surface area contributed by atoms with E-state index in [9.17, 15) is 9.18 Å². The van der Waals surface area contributed by atoms with Crippen molar-refractivity contribution in [2.45, 2.75) is 30.6 Å². The molecule has 1 aromatic heterocycles. The van der Waals surface area contributed by atoms with E-state index in [0.29, 0.717) is 12.1 Å². The van der Waals surface area contributed by atoms with Gasteiger partial charge in [0.25, 0.3) is 0 Å². The lowest BCUT2D eigenvalue weighted by molar-refractivity contribution is -0.126. The highest BCUT2D eigenvalue weighted by molar-refractivity contribution is 7.81. The van der Waals surface area contributed by atoms with Crippen LogP contribution in [0.1, 0.15) is 36.4 Å². The number of rotatable bonds is 5. The Morgan fingerprint density at radius 1 is 1.17 bits per heavy atom. The first kappa shape index (κ1) is 23.9. The van der Waals surface area contributed by atoms with E-state index < -0.39 is 6.04 Å². The summed E-state index contributed by atoms with van der Waals surface area (Å²) in [5.74, 6) is -0.0742. The second kappa shape index (κ2) is 10.6. The van der Waals surface area contributed by atoms with Crippen molar-refractivity contribution in [3.05, 3.63) is 71.3 Å². The number of nitrogens with zero attached hydrogens (tertiary/aromatic N) is 2. The molecule has 0 N–H and O–H groups in total. The molecule has 1 aliphatic heterocycles. The summed E-state index contributed by atoms with van der Waals surface area (Å²) in [7, 11) is 0. The van der Waals surface area contributed by atoms with Crippen LogP contribution in [0.2, 0.25) is 0 Å². The first-order valence-electron chi connectivity index (χ1n) is 9.44. The summed E-state index contributed by atoms with van der Waals surface area (Å²) in [6, 6.07) is 10.1. The number of Topliss-reactive ketones (excluding diaryl/α,β-unsaturated/α-hetero) is 1. The highest BCUT2D eigenvalue weighted by atomic mass is 35.5. The predicted molar refractivity (Wildman–Crippen MR) is 123 cm³/mol. The molecule has 4 rings (SSSR count). The van der Waals surface area contributed by atoms with Gasteiger partial charge in [0.05, 0.1) is 6.04 Å². The Balaban J connectivity index is 0.00000150. The normalized spacial score (nSPS) is 21.7. The minimum absolute atomic E-state index is 0. The Labute approximate surface area is 189 Å². The lowest BCUT2D eigenvalue weighted by atomic mass is 9.93. The van der Waals surface area contributed by atoms with Crippen molar-refractivity contribution >= 4 is 49.3 Å². The second-order valence-electron chi connectivity index (χ2n) is 7.38. The molecule has 7 heteroatoms. The van der Waals surface area contributed by atoms with Crippen LogP contribution in [0.25, 0.3) is 6.08 Å². The minimum atomic E-state index is -0.517. The van der Waals surface area contributed by atoms with E-state index in [4.69, 9.17) is 12.6 Å². The number of ketones is 1. The lowest BCUT2D eigenvalue weighted by Gasteiger charge is -2.37. The van der Waals surface area contributed by atoms with Crippen molar-refractivity contribution in [2.75, 3.05) is 13.1 Å². The van der Waals surface area contributed by atoms with E-state index in [1.807, 2.05) is 24.4 Å². The fourth-order valence-electron chi connectivity index (χ4n) is 3.75. The Morgan fingerprint density at radius 3 is 2.59 bits per heavy atom. The van der Waals surface area contributed by atoms with Crippen molar-refractivity contribution in [1.29, 1.82) is 0 Å². The molecule has 0 bridgehead atoms. The van der Waals surface area contributed by atoms with Crippen LogP contribution in [-0.4, -0.2) is 34.0 Å². The molecule has 1 aliphatic carbocycles. The molecule has 2 aliphatic rings. The van der Waals surface area contributed by atoms with Gasteiger partial charge in [-0.2, -0.15) is 12.6 Å². The first-order chi connectivity index (χ1) is 13.1. The van der Waals surface area contributed by atoms with Crippen LogP contribution in [0.3, 0.4) is 0 Å². The zero-order valence-corrected chi connectivity index (χ0v) is 18.4. The monoisotopic (exact) mass is 454 g/mol. The van der Waals surface area contributed by atoms with Crippen molar-refractivity contribution in [3.8, 4) is 0 Å². The number of pyridine rings is 1. The fraction of sp³-hybridized carbons (Fsp3) is 0.364. The zero-order chi connectivity index (χ0) is 18.8. The van der Waals surface area contributed by atoms with E-state index >= 15 is 0 Å². The summed E-state index contributed by atoms with van der Waals surface area (Å²) < 4.78 is 14.5. The highest BCUT2D eigenvalue weighted by Crippen LogP contribution is 2.39. The fourth-order valence-corrected chi connectivity index (χ4v) is 4.02. The van der Waals surface area contributed by atoms with E-state index in [2.05, 4.69) is 16.0 Å². The summed E-state index contributed by atoms with van der Waals surface area (Å²) in [4.78, 5) is 19.3. The molecule has 2 fully saturated rings. The van der Waals surface area contributed by atoms with Crippen LogP contribution in [0.4, 0.5) is 4.39 Å². The Bertz CT molecular complexity index is 861. The molecule has 156 valence electrons. The van der Waals surface area contributed by atoms with Gasteiger partial charge >= 0.3 is 0 Å². The summed E-state index contributed by atoms with van der Waals surface area (Å²) in [6.07, 6.45) is 8.33.